The van der Waals surface area contributed by atoms with E-state index in [0.717, 1.165) is 24.4 Å². The maximum Gasteiger partial charge on any atom is 0.125 e. The lowest BCUT2D eigenvalue weighted by Crippen LogP contribution is -2.26. The third-order valence-corrected chi connectivity index (χ3v) is 4.22. The zero-order chi connectivity index (χ0) is 12.4. The van der Waals surface area contributed by atoms with Crippen LogP contribution < -0.4 is 5.32 Å². The summed E-state index contributed by atoms with van der Waals surface area (Å²) in [5.41, 5.74) is 0.812. The Kier molecular flexibility index (Phi) is 4.31. The van der Waals surface area contributed by atoms with Crippen LogP contribution >= 0.6 is 27.5 Å². The second-order valence-corrected chi connectivity index (χ2v) is 6.12. The Bertz CT molecular complexity index is 387. The van der Waals surface area contributed by atoms with Crippen LogP contribution in [0, 0.1) is 11.7 Å². The molecule has 2 atom stereocenters. The highest BCUT2D eigenvalue weighted by Gasteiger charge is 2.20. The fourth-order valence-corrected chi connectivity index (χ4v) is 3.37. The van der Waals surface area contributed by atoms with Crippen LogP contribution in [-0.2, 0) is 0 Å². The fraction of sp³-hybridized carbons (Fsp3) is 0.538. The summed E-state index contributed by atoms with van der Waals surface area (Å²) >= 11 is 9.41. The van der Waals surface area contributed by atoms with Crippen molar-refractivity contribution in [3.8, 4) is 0 Å². The smallest absolute Gasteiger partial charge is 0.125 e. The number of rotatable bonds is 2. The Morgan fingerprint density at radius 1 is 1.41 bits per heavy atom. The molecular weight excluding hydrogens is 305 g/mol. The summed E-state index contributed by atoms with van der Waals surface area (Å²) < 4.78 is 13.8. The van der Waals surface area contributed by atoms with Gasteiger partial charge in [0, 0.05) is 10.5 Å². The van der Waals surface area contributed by atoms with Gasteiger partial charge in [0.2, 0.25) is 0 Å². The third kappa shape index (κ3) is 3.35. The molecule has 1 aliphatic carbocycles. The molecule has 0 radical (unpaired) electrons. The van der Waals surface area contributed by atoms with Gasteiger partial charge in [-0.2, -0.15) is 0 Å². The largest absolute Gasteiger partial charge is 0.380 e. The van der Waals surface area contributed by atoms with E-state index < -0.39 is 0 Å². The zero-order valence-electron chi connectivity index (χ0n) is 9.77. The first-order valence-electron chi connectivity index (χ1n) is 5.97. The molecule has 94 valence electrons. The van der Waals surface area contributed by atoms with E-state index in [1.807, 2.05) is 0 Å². The summed E-state index contributed by atoms with van der Waals surface area (Å²) in [4.78, 5) is 0. The van der Waals surface area contributed by atoms with Crippen molar-refractivity contribution < 1.29 is 4.39 Å². The molecule has 1 aliphatic rings. The van der Waals surface area contributed by atoms with Crippen LogP contribution in [-0.4, -0.2) is 6.04 Å². The first-order valence-corrected chi connectivity index (χ1v) is 7.14. The molecule has 1 nitrogen and oxygen atoms in total. The minimum Gasteiger partial charge on any atom is -0.380 e. The molecule has 1 aromatic rings. The van der Waals surface area contributed by atoms with Crippen molar-refractivity contribution in [2.24, 2.45) is 5.92 Å². The monoisotopic (exact) mass is 319 g/mol. The van der Waals surface area contributed by atoms with Crippen molar-refractivity contribution in [2.75, 3.05) is 5.32 Å². The van der Waals surface area contributed by atoms with Gasteiger partial charge >= 0.3 is 0 Å². The second-order valence-electron chi connectivity index (χ2n) is 4.86. The molecule has 1 N–H and O–H groups in total. The van der Waals surface area contributed by atoms with Crippen LogP contribution in [0.1, 0.15) is 32.6 Å². The Balaban J connectivity index is 2.12. The van der Waals surface area contributed by atoms with E-state index in [4.69, 9.17) is 11.6 Å². The molecule has 1 fully saturated rings. The lowest BCUT2D eigenvalue weighted by atomic mass is 9.87. The fourth-order valence-electron chi connectivity index (χ4n) is 2.45. The van der Waals surface area contributed by atoms with Gasteiger partial charge in [0.1, 0.15) is 5.82 Å². The summed E-state index contributed by atoms with van der Waals surface area (Å²) in [5, 5.41) is 3.87. The molecule has 0 aliphatic heterocycles. The topological polar surface area (TPSA) is 12.0 Å². The molecule has 0 spiro atoms. The number of nitrogens with one attached hydrogen (secondary N) is 1. The standard InChI is InChI=1S/C13H16BrClFN/c1-8-3-2-4-10(5-8)17-13-11(14)6-9(16)7-12(13)15/h6-8,10,17H,2-5H2,1H3. The highest BCUT2D eigenvalue weighted by Crippen LogP contribution is 2.34. The van der Waals surface area contributed by atoms with Crippen molar-refractivity contribution in [3.05, 3.63) is 27.4 Å². The second kappa shape index (κ2) is 5.57. The van der Waals surface area contributed by atoms with Gasteiger partial charge in [-0.3, -0.25) is 0 Å². The van der Waals surface area contributed by atoms with Crippen LogP contribution in [0.2, 0.25) is 5.02 Å². The zero-order valence-corrected chi connectivity index (χ0v) is 12.1. The highest BCUT2D eigenvalue weighted by atomic mass is 79.9. The molecule has 4 heteroatoms. The SMILES string of the molecule is CC1CCCC(Nc2c(Cl)cc(F)cc2Br)C1. The van der Waals surface area contributed by atoms with E-state index in [2.05, 4.69) is 28.2 Å². The maximum absolute atomic E-state index is 13.1. The highest BCUT2D eigenvalue weighted by molar-refractivity contribution is 9.10. The molecule has 0 aromatic heterocycles. The van der Waals surface area contributed by atoms with Gasteiger partial charge in [-0.25, -0.2) is 4.39 Å². The third-order valence-electron chi connectivity index (χ3n) is 3.29. The number of hydrogen-bond donors (Lipinski definition) is 1. The average Bonchev–Trinajstić information content (AvgIpc) is 2.23. The van der Waals surface area contributed by atoms with Crippen molar-refractivity contribution in [1.82, 2.24) is 0 Å². The summed E-state index contributed by atoms with van der Waals surface area (Å²) in [6, 6.07) is 3.24. The predicted octanol–water partition coefficient (Wildman–Crippen LogP) is 5.23. The van der Waals surface area contributed by atoms with Gasteiger partial charge in [0.25, 0.3) is 0 Å². The van der Waals surface area contributed by atoms with Crippen molar-refractivity contribution >= 4 is 33.2 Å². The van der Waals surface area contributed by atoms with E-state index in [1.54, 1.807) is 0 Å². The van der Waals surface area contributed by atoms with Crippen LogP contribution in [0.15, 0.2) is 16.6 Å². The van der Waals surface area contributed by atoms with Gasteiger partial charge in [-0.15, -0.1) is 0 Å². The van der Waals surface area contributed by atoms with Gasteiger partial charge in [0.15, 0.2) is 0 Å². The first-order chi connectivity index (χ1) is 8.06. The minimum atomic E-state index is -0.315. The predicted molar refractivity (Wildman–Crippen MR) is 74.2 cm³/mol. The molecule has 0 amide bonds. The van der Waals surface area contributed by atoms with Crippen LogP contribution in [0.5, 0.6) is 0 Å². The molecule has 2 unspecified atom stereocenters. The Labute approximate surface area is 115 Å². The van der Waals surface area contributed by atoms with Gasteiger partial charge in [-0.05, 0) is 46.8 Å². The minimum absolute atomic E-state index is 0.315. The number of benzene rings is 1. The van der Waals surface area contributed by atoms with E-state index in [-0.39, 0.29) is 5.82 Å². The summed E-state index contributed by atoms with van der Waals surface area (Å²) in [6.07, 6.45) is 4.86. The molecular formula is C13H16BrClFN. The van der Waals surface area contributed by atoms with Crippen LogP contribution in [0.4, 0.5) is 10.1 Å². The quantitative estimate of drug-likeness (QED) is 0.786. The molecule has 1 saturated carbocycles. The molecule has 0 saturated heterocycles. The molecule has 1 aromatic carbocycles. The molecule has 2 rings (SSSR count). The average molecular weight is 321 g/mol. The first kappa shape index (κ1) is 13.2. The van der Waals surface area contributed by atoms with E-state index >= 15 is 0 Å². The number of anilines is 1. The van der Waals surface area contributed by atoms with Gasteiger partial charge < -0.3 is 5.32 Å². The van der Waals surface area contributed by atoms with E-state index in [9.17, 15) is 4.39 Å². The Morgan fingerprint density at radius 2 is 2.18 bits per heavy atom. The van der Waals surface area contributed by atoms with Gasteiger partial charge in [-0.1, -0.05) is 31.4 Å². The van der Waals surface area contributed by atoms with Crippen molar-refractivity contribution in [1.29, 1.82) is 0 Å². The number of halogens is 3. The normalized spacial score (nSPS) is 24.7. The number of hydrogen-bond acceptors (Lipinski definition) is 1. The Morgan fingerprint density at radius 3 is 2.82 bits per heavy atom. The summed E-state index contributed by atoms with van der Waals surface area (Å²) in [6.45, 7) is 2.27. The van der Waals surface area contributed by atoms with Gasteiger partial charge in [0.05, 0.1) is 10.7 Å². The lowest BCUT2D eigenvalue weighted by molar-refractivity contribution is 0.358. The maximum atomic E-state index is 13.1. The lowest BCUT2D eigenvalue weighted by Gasteiger charge is -2.29. The Hall–Kier alpha value is -0.280. The van der Waals surface area contributed by atoms with Crippen molar-refractivity contribution in [3.63, 3.8) is 0 Å². The van der Waals surface area contributed by atoms with E-state index in [0.29, 0.717) is 15.5 Å². The summed E-state index contributed by atoms with van der Waals surface area (Å²) in [7, 11) is 0. The molecule has 17 heavy (non-hydrogen) atoms. The van der Waals surface area contributed by atoms with Crippen LogP contribution in [0.3, 0.4) is 0 Å². The summed E-state index contributed by atoms with van der Waals surface area (Å²) in [5.74, 6) is 0.434. The van der Waals surface area contributed by atoms with Crippen molar-refractivity contribution in [2.45, 2.75) is 38.6 Å². The molecule has 0 bridgehead atoms. The van der Waals surface area contributed by atoms with Crippen LogP contribution in [0.25, 0.3) is 0 Å². The molecule has 0 heterocycles. The van der Waals surface area contributed by atoms with E-state index in [1.165, 1.54) is 25.0 Å².